The predicted molar refractivity (Wildman–Crippen MR) is 84.4 cm³/mol. The fourth-order valence-electron chi connectivity index (χ4n) is 1.21. The highest BCUT2D eigenvalue weighted by Gasteiger charge is 2.16. The van der Waals surface area contributed by atoms with Crippen LogP contribution in [0.4, 0.5) is 5.69 Å². The van der Waals surface area contributed by atoms with Crippen LogP contribution in [-0.2, 0) is 10.0 Å². The Balaban J connectivity index is 0.00000361. The molecular formula is C9H14IN5O4S. The molecule has 0 heterocycles. The molecule has 11 heteroatoms. The van der Waals surface area contributed by atoms with Gasteiger partial charge in [0, 0.05) is 18.7 Å². The first-order valence-electron chi connectivity index (χ1n) is 5.12. The molecule has 112 valence electrons. The number of benzene rings is 1. The Kier molecular flexibility index (Phi) is 7.38. The molecule has 1 aromatic carbocycles. The van der Waals surface area contributed by atoms with Gasteiger partial charge in [0.05, 0.1) is 16.4 Å². The van der Waals surface area contributed by atoms with Crippen molar-refractivity contribution in [2.24, 2.45) is 16.5 Å². The molecule has 0 amide bonds. The van der Waals surface area contributed by atoms with E-state index in [4.69, 9.17) is 11.5 Å². The van der Waals surface area contributed by atoms with Gasteiger partial charge in [-0.1, -0.05) is 6.07 Å². The second-order valence-electron chi connectivity index (χ2n) is 3.46. The zero-order valence-electron chi connectivity index (χ0n) is 10.2. The van der Waals surface area contributed by atoms with Crippen LogP contribution < -0.4 is 16.2 Å². The van der Waals surface area contributed by atoms with E-state index in [0.29, 0.717) is 0 Å². The maximum atomic E-state index is 11.8. The summed E-state index contributed by atoms with van der Waals surface area (Å²) in [5.41, 5.74) is 9.87. The van der Waals surface area contributed by atoms with Gasteiger partial charge in [-0.3, -0.25) is 15.1 Å². The summed E-state index contributed by atoms with van der Waals surface area (Å²) in [5, 5.41) is 10.6. The highest BCUT2D eigenvalue weighted by Crippen LogP contribution is 2.16. The zero-order chi connectivity index (χ0) is 14.5. The molecule has 0 saturated heterocycles. The summed E-state index contributed by atoms with van der Waals surface area (Å²) >= 11 is 0. The number of nitro benzene ring substituents is 1. The van der Waals surface area contributed by atoms with Crippen molar-refractivity contribution in [1.29, 1.82) is 0 Å². The average Bonchev–Trinajstić information content (AvgIpc) is 2.34. The SMILES string of the molecule is I.NC(N)=NCCNS(=O)(=O)c1cccc([N+](=O)[O-])c1. The van der Waals surface area contributed by atoms with Crippen molar-refractivity contribution in [3.8, 4) is 0 Å². The Bertz CT molecular complexity index is 600. The Labute approximate surface area is 132 Å². The molecule has 0 fully saturated rings. The summed E-state index contributed by atoms with van der Waals surface area (Å²) in [5.74, 6) is -0.144. The number of nitrogens with zero attached hydrogens (tertiary/aromatic N) is 2. The summed E-state index contributed by atoms with van der Waals surface area (Å²) in [7, 11) is -3.82. The lowest BCUT2D eigenvalue weighted by molar-refractivity contribution is -0.385. The van der Waals surface area contributed by atoms with Crippen LogP contribution in [0.2, 0.25) is 0 Å². The number of non-ortho nitro benzene ring substituents is 1. The minimum absolute atomic E-state index is 0. The van der Waals surface area contributed by atoms with Crippen molar-refractivity contribution >= 4 is 45.6 Å². The molecule has 1 rings (SSSR count). The van der Waals surface area contributed by atoms with Gasteiger partial charge >= 0.3 is 0 Å². The summed E-state index contributed by atoms with van der Waals surface area (Å²) < 4.78 is 25.8. The second kappa shape index (κ2) is 7.96. The maximum Gasteiger partial charge on any atom is 0.270 e. The molecule has 9 nitrogen and oxygen atoms in total. The fourth-order valence-corrected chi connectivity index (χ4v) is 2.27. The van der Waals surface area contributed by atoms with Gasteiger partial charge < -0.3 is 11.5 Å². The van der Waals surface area contributed by atoms with E-state index in [1.165, 1.54) is 18.2 Å². The molecule has 5 N–H and O–H groups in total. The van der Waals surface area contributed by atoms with Gasteiger partial charge in [0.1, 0.15) is 0 Å². The van der Waals surface area contributed by atoms with Gasteiger partial charge in [-0.25, -0.2) is 13.1 Å². The van der Waals surface area contributed by atoms with Crippen molar-refractivity contribution in [2.75, 3.05) is 13.1 Å². The standard InChI is InChI=1S/C9H13N5O4S.HI/c10-9(11)12-4-5-13-19(17,18)8-3-1-2-7(6-8)14(15)16;/h1-3,6,13H,4-5H2,(H4,10,11,12);1H. The third-order valence-corrected chi connectivity index (χ3v) is 3.50. The number of nitrogens with one attached hydrogen (secondary N) is 1. The summed E-state index contributed by atoms with van der Waals surface area (Å²) in [6.07, 6.45) is 0. The fraction of sp³-hybridized carbons (Fsp3) is 0.222. The maximum absolute atomic E-state index is 11.8. The number of nitro groups is 1. The molecule has 1 aromatic rings. The van der Waals surface area contributed by atoms with E-state index in [-0.39, 0.29) is 53.6 Å². The predicted octanol–water partition coefficient (Wildman–Crippen LogP) is -0.235. The number of nitrogens with two attached hydrogens (primary N) is 2. The normalized spacial score (nSPS) is 10.4. The van der Waals surface area contributed by atoms with Crippen molar-refractivity contribution in [3.05, 3.63) is 34.4 Å². The first kappa shape index (κ1) is 18.5. The molecule has 0 saturated carbocycles. The van der Waals surface area contributed by atoms with Crippen LogP contribution in [0, 0.1) is 10.1 Å². The molecule has 0 aromatic heterocycles. The third kappa shape index (κ3) is 5.66. The molecule has 0 bridgehead atoms. The van der Waals surface area contributed by atoms with Crippen molar-refractivity contribution in [1.82, 2.24) is 4.72 Å². The van der Waals surface area contributed by atoms with Gasteiger partial charge in [-0.05, 0) is 6.07 Å². The zero-order valence-corrected chi connectivity index (χ0v) is 13.4. The Morgan fingerprint density at radius 3 is 2.60 bits per heavy atom. The molecule has 0 spiro atoms. The molecule has 0 aliphatic rings. The van der Waals surface area contributed by atoms with Crippen molar-refractivity contribution in [3.63, 3.8) is 0 Å². The lowest BCUT2D eigenvalue weighted by Crippen LogP contribution is -2.28. The second-order valence-corrected chi connectivity index (χ2v) is 5.23. The molecule has 0 radical (unpaired) electrons. The average molecular weight is 415 g/mol. The Hall–Kier alpha value is -1.47. The monoisotopic (exact) mass is 415 g/mol. The minimum Gasteiger partial charge on any atom is -0.370 e. The molecule has 0 aliphatic carbocycles. The van der Waals surface area contributed by atoms with E-state index >= 15 is 0 Å². The van der Waals surface area contributed by atoms with Crippen LogP contribution in [0.3, 0.4) is 0 Å². The number of hydrogen-bond acceptors (Lipinski definition) is 5. The van der Waals surface area contributed by atoms with E-state index in [0.717, 1.165) is 6.07 Å². The molecule has 20 heavy (non-hydrogen) atoms. The number of aliphatic imine (C=N–C) groups is 1. The van der Waals surface area contributed by atoms with Crippen LogP contribution in [0.1, 0.15) is 0 Å². The van der Waals surface area contributed by atoms with Crippen molar-refractivity contribution in [2.45, 2.75) is 4.90 Å². The highest BCUT2D eigenvalue weighted by molar-refractivity contribution is 14.0. The van der Waals surface area contributed by atoms with Gasteiger partial charge in [0.25, 0.3) is 5.69 Å². The largest absolute Gasteiger partial charge is 0.370 e. The Morgan fingerprint density at radius 2 is 2.05 bits per heavy atom. The molecule has 0 unspecified atom stereocenters. The lowest BCUT2D eigenvalue weighted by Gasteiger charge is -2.05. The molecule has 0 aliphatic heterocycles. The lowest BCUT2D eigenvalue weighted by atomic mass is 10.3. The number of sulfonamides is 1. The number of hydrogen-bond donors (Lipinski definition) is 3. The quantitative estimate of drug-likeness (QED) is 0.146. The van der Waals surface area contributed by atoms with Crippen LogP contribution in [0.5, 0.6) is 0 Å². The molecular weight excluding hydrogens is 401 g/mol. The van der Waals surface area contributed by atoms with Crippen LogP contribution in [0.15, 0.2) is 34.2 Å². The summed E-state index contributed by atoms with van der Waals surface area (Å²) in [4.78, 5) is 13.3. The van der Waals surface area contributed by atoms with Gasteiger partial charge in [0.15, 0.2) is 5.96 Å². The van der Waals surface area contributed by atoms with Gasteiger partial charge in [-0.15, -0.1) is 24.0 Å². The van der Waals surface area contributed by atoms with Gasteiger partial charge in [0.2, 0.25) is 10.0 Å². The van der Waals surface area contributed by atoms with E-state index in [9.17, 15) is 18.5 Å². The van der Waals surface area contributed by atoms with Crippen LogP contribution in [-0.4, -0.2) is 32.4 Å². The topological polar surface area (TPSA) is 154 Å². The molecule has 0 atom stereocenters. The smallest absolute Gasteiger partial charge is 0.270 e. The number of guanidine groups is 1. The Morgan fingerprint density at radius 1 is 1.40 bits per heavy atom. The first-order valence-corrected chi connectivity index (χ1v) is 6.61. The van der Waals surface area contributed by atoms with Crippen LogP contribution in [0.25, 0.3) is 0 Å². The van der Waals surface area contributed by atoms with Crippen LogP contribution >= 0.6 is 24.0 Å². The third-order valence-electron chi connectivity index (χ3n) is 2.04. The van der Waals surface area contributed by atoms with E-state index in [1.54, 1.807) is 0 Å². The highest BCUT2D eigenvalue weighted by atomic mass is 127. The van der Waals surface area contributed by atoms with E-state index in [1.807, 2.05) is 0 Å². The van der Waals surface area contributed by atoms with E-state index < -0.39 is 14.9 Å². The number of halogens is 1. The first-order chi connectivity index (χ1) is 8.83. The summed E-state index contributed by atoms with van der Waals surface area (Å²) in [6.45, 7) is 0.0689. The minimum atomic E-state index is -3.82. The number of rotatable bonds is 6. The van der Waals surface area contributed by atoms with Crippen molar-refractivity contribution < 1.29 is 13.3 Å². The summed E-state index contributed by atoms with van der Waals surface area (Å²) in [6, 6.07) is 4.74. The van der Waals surface area contributed by atoms with Gasteiger partial charge in [-0.2, -0.15) is 0 Å². The van der Waals surface area contributed by atoms with E-state index in [2.05, 4.69) is 9.71 Å².